The van der Waals surface area contributed by atoms with Crippen LogP contribution in [0.1, 0.15) is 29.3 Å². The van der Waals surface area contributed by atoms with Crippen LogP contribution in [0.2, 0.25) is 0 Å². The van der Waals surface area contributed by atoms with E-state index in [1.54, 1.807) is 6.92 Å². The van der Waals surface area contributed by atoms with Gasteiger partial charge in [0.05, 0.1) is 6.10 Å². The SMILES string of the molecule is Cc1cc(N(C)CCC(C)O)ccc1C=O. The molecule has 1 aromatic rings. The second-order valence-electron chi connectivity index (χ2n) is 4.22. The molecule has 3 heteroatoms. The molecule has 0 aromatic heterocycles. The van der Waals surface area contributed by atoms with Gasteiger partial charge in [-0.15, -0.1) is 0 Å². The summed E-state index contributed by atoms with van der Waals surface area (Å²) < 4.78 is 0. The van der Waals surface area contributed by atoms with Gasteiger partial charge in [0.15, 0.2) is 0 Å². The van der Waals surface area contributed by atoms with E-state index < -0.39 is 0 Å². The van der Waals surface area contributed by atoms with Crippen LogP contribution in [-0.2, 0) is 0 Å². The number of anilines is 1. The molecule has 0 amide bonds. The summed E-state index contributed by atoms with van der Waals surface area (Å²) in [6, 6.07) is 5.75. The number of hydrogen-bond acceptors (Lipinski definition) is 3. The molecule has 1 atom stereocenters. The van der Waals surface area contributed by atoms with Gasteiger partial charge >= 0.3 is 0 Å². The number of nitrogens with zero attached hydrogens (tertiary/aromatic N) is 1. The molecule has 88 valence electrons. The van der Waals surface area contributed by atoms with Crippen LogP contribution < -0.4 is 4.90 Å². The molecule has 0 aliphatic rings. The lowest BCUT2D eigenvalue weighted by Crippen LogP contribution is -2.21. The summed E-state index contributed by atoms with van der Waals surface area (Å²) in [6.45, 7) is 4.52. The summed E-state index contributed by atoms with van der Waals surface area (Å²) in [5.41, 5.74) is 2.79. The Hall–Kier alpha value is -1.35. The highest BCUT2D eigenvalue weighted by atomic mass is 16.3. The monoisotopic (exact) mass is 221 g/mol. The largest absolute Gasteiger partial charge is 0.393 e. The summed E-state index contributed by atoms with van der Waals surface area (Å²) in [6.07, 6.45) is 1.33. The molecule has 0 bridgehead atoms. The summed E-state index contributed by atoms with van der Waals surface area (Å²) >= 11 is 0. The maximum Gasteiger partial charge on any atom is 0.150 e. The number of carbonyl (C=O) groups excluding carboxylic acids is 1. The number of aryl methyl sites for hydroxylation is 1. The molecule has 16 heavy (non-hydrogen) atoms. The minimum absolute atomic E-state index is 0.280. The van der Waals surface area contributed by atoms with Crippen LogP contribution in [0.25, 0.3) is 0 Å². The summed E-state index contributed by atoms with van der Waals surface area (Å²) in [5, 5.41) is 9.21. The van der Waals surface area contributed by atoms with E-state index in [0.29, 0.717) is 0 Å². The van der Waals surface area contributed by atoms with Crippen molar-refractivity contribution in [3.8, 4) is 0 Å². The topological polar surface area (TPSA) is 40.5 Å². The van der Waals surface area contributed by atoms with Gasteiger partial charge in [-0.1, -0.05) is 0 Å². The zero-order chi connectivity index (χ0) is 12.1. The molecule has 0 heterocycles. The van der Waals surface area contributed by atoms with Gasteiger partial charge in [-0.05, 0) is 44.0 Å². The molecule has 1 aromatic carbocycles. The number of aliphatic hydroxyl groups excluding tert-OH is 1. The minimum atomic E-state index is -0.280. The molecule has 0 saturated heterocycles. The van der Waals surface area contributed by atoms with Crippen molar-refractivity contribution in [3.05, 3.63) is 29.3 Å². The summed E-state index contributed by atoms with van der Waals surface area (Å²) in [4.78, 5) is 12.8. The highest BCUT2D eigenvalue weighted by Crippen LogP contribution is 2.17. The zero-order valence-corrected chi connectivity index (χ0v) is 10.1. The van der Waals surface area contributed by atoms with E-state index in [4.69, 9.17) is 0 Å². The third-order valence-electron chi connectivity index (χ3n) is 2.70. The Bertz CT molecular complexity index is 361. The fraction of sp³-hybridized carbons (Fsp3) is 0.462. The Kier molecular flexibility index (Phi) is 4.50. The molecule has 0 spiro atoms. The van der Waals surface area contributed by atoms with Gasteiger partial charge in [-0.2, -0.15) is 0 Å². The van der Waals surface area contributed by atoms with Gasteiger partial charge in [-0.3, -0.25) is 4.79 Å². The molecule has 1 unspecified atom stereocenters. The van der Waals surface area contributed by atoms with Crippen molar-refractivity contribution < 1.29 is 9.90 Å². The standard InChI is InChI=1S/C13H19NO2/c1-10-8-13(5-4-12(10)9-15)14(3)7-6-11(2)16/h4-5,8-9,11,16H,6-7H2,1-3H3. The molecule has 0 radical (unpaired) electrons. The van der Waals surface area contributed by atoms with Gasteiger partial charge in [0.2, 0.25) is 0 Å². The van der Waals surface area contributed by atoms with E-state index in [1.165, 1.54) is 0 Å². The predicted molar refractivity (Wildman–Crippen MR) is 66.1 cm³/mol. The molecule has 3 nitrogen and oxygen atoms in total. The number of hydrogen-bond donors (Lipinski definition) is 1. The highest BCUT2D eigenvalue weighted by Gasteiger charge is 2.05. The van der Waals surface area contributed by atoms with Crippen molar-refractivity contribution in [1.82, 2.24) is 0 Å². The third-order valence-corrected chi connectivity index (χ3v) is 2.70. The third kappa shape index (κ3) is 3.35. The van der Waals surface area contributed by atoms with E-state index in [0.717, 1.165) is 36.1 Å². The Morgan fingerprint density at radius 3 is 2.69 bits per heavy atom. The van der Waals surface area contributed by atoms with Gasteiger partial charge in [0.25, 0.3) is 0 Å². The minimum Gasteiger partial charge on any atom is -0.393 e. The van der Waals surface area contributed by atoms with Crippen molar-refractivity contribution in [2.24, 2.45) is 0 Å². The summed E-state index contributed by atoms with van der Waals surface area (Å²) in [7, 11) is 1.98. The quantitative estimate of drug-likeness (QED) is 0.773. The van der Waals surface area contributed by atoms with E-state index in [2.05, 4.69) is 4.90 Å². The van der Waals surface area contributed by atoms with E-state index in [9.17, 15) is 9.90 Å². The lowest BCUT2D eigenvalue weighted by Gasteiger charge is -2.20. The first kappa shape index (κ1) is 12.7. The Morgan fingerprint density at radius 1 is 1.50 bits per heavy atom. The molecule has 1 rings (SSSR count). The number of rotatable bonds is 5. The highest BCUT2D eigenvalue weighted by molar-refractivity contribution is 5.78. The number of carbonyl (C=O) groups is 1. The van der Waals surface area contributed by atoms with Crippen LogP contribution in [0.3, 0.4) is 0 Å². The van der Waals surface area contributed by atoms with Gasteiger partial charge in [0.1, 0.15) is 6.29 Å². The van der Waals surface area contributed by atoms with E-state index in [-0.39, 0.29) is 6.10 Å². The second-order valence-corrected chi connectivity index (χ2v) is 4.22. The van der Waals surface area contributed by atoms with Crippen LogP contribution in [0.15, 0.2) is 18.2 Å². The zero-order valence-electron chi connectivity index (χ0n) is 10.1. The van der Waals surface area contributed by atoms with Gasteiger partial charge in [0, 0.05) is 24.8 Å². The van der Waals surface area contributed by atoms with E-state index in [1.807, 2.05) is 32.2 Å². The Labute approximate surface area is 96.7 Å². The first-order chi connectivity index (χ1) is 7.54. The summed E-state index contributed by atoms with van der Waals surface area (Å²) in [5.74, 6) is 0. The first-order valence-corrected chi connectivity index (χ1v) is 5.49. The van der Waals surface area contributed by atoms with E-state index >= 15 is 0 Å². The van der Waals surface area contributed by atoms with Gasteiger partial charge in [-0.25, -0.2) is 0 Å². The van der Waals surface area contributed by atoms with Gasteiger partial charge < -0.3 is 10.0 Å². The molecule has 0 saturated carbocycles. The molecule has 1 N–H and O–H groups in total. The first-order valence-electron chi connectivity index (χ1n) is 5.49. The van der Waals surface area contributed by atoms with Crippen LogP contribution >= 0.6 is 0 Å². The van der Waals surface area contributed by atoms with Crippen molar-refractivity contribution in [3.63, 3.8) is 0 Å². The maximum absolute atomic E-state index is 10.7. The average molecular weight is 221 g/mol. The average Bonchev–Trinajstić information content (AvgIpc) is 2.25. The van der Waals surface area contributed by atoms with Crippen LogP contribution in [-0.4, -0.2) is 31.1 Å². The fourth-order valence-electron chi connectivity index (χ4n) is 1.54. The number of aldehydes is 1. The maximum atomic E-state index is 10.7. The van der Waals surface area contributed by atoms with Crippen molar-refractivity contribution in [2.75, 3.05) is 18.5 Å². The van der Waals surface area contributed by atoms with Crippen LogP contribution in [0.5, 0.6) is 0 Å². The van der Waals surface area contributed by atoms with Crippen LogP contribution in [0, 0.1) is 6.92 Å². The number of benzene rings is 1. The predicted octanol–water partition coefficient (Wildman–Crippen LogP) is 2.01. The van der Waals surface area contributed by atoms with Crippen molar-refractivity contribution in [2.45, 2.75) is 26.4 Å². The molecular weight excluding hydrogens is 202 g/mol. The lowest BCUT2D eigenvalue weighted by molar-refractivity contribution is 0.112. The molecular formula is C13H19NO2. The normalized spacial score (nSPS) is 12.2. The molecule has 0 aliphatic carbocycles. The Morgan fingerprint density at radius 2 is 2.19 bits per heavy atom. The molecule has 0 aliphatic heterocycles. The van der Waals surface area contributed by atoms with Crippen molar-refractivity contribution >= 4 is 12.0 Å². The Balaban J connectivity index is 2.72. The lowest BCUT2D eigenvalue weighted by atomic mass is 10.1. The second kappa shape index (κ2) is 5.66. The number of aliphatic hydroxyl groups is 1. The smallest absolute Gasteiger partial charge is 0.150 e. The fourth-order valence-corrected chi connectivity index (χ4v) is 1.54. The molecule has 0 fully saturated rings. The van der Waals surface area contributed by atoms with Crippen molar-refractivity contribution in [1.29, 1.82) is 0 Å². The van der Waals surface area contributed by atoms with Crippen LogP contribution in [0.4, 0.5) is 5.69 Å².